The van der Waals surface area contributed by atoms with E-state index in [1.165, 1.54) is 0 Å². The van der Waals surface area contributed by atoms with Gasteiger partial charge in [0.1, 0.15) is 5.60 Å². The fraction of sp³-hybridized carbons (Fsp3) is 0.625. The van der Waals surface area contributed by atoms with Gasteiger partial charge in [0.25, 0.3) is 5.91 Å². The lowest BCUT2D eigenvalue weighted by Gasteiger charge is -2.22. The van der Waals surface area contributed by atoms with Crippen LogP contribution in [0.4, 0.5) is 0 Å². The van der Waals surface area contributed by atoms with Crippen molar-refractivity contribution in [1.82, 2.24) is 25.1 Å². The molecule has 8 nitrogen and oxygen atoms in total. The molecule has 3 rings (SSSR count). The lowest BCUT2D eigenvalue weighted by Crippen LogP contribution is -2.39. The van der Waals surface area contributed by atoms with E-state index in [1.807, 2.05) is 0 Å². The summed E-state index contributed by atoms with van der Waals surface area (Å²) in [5.41, 5.74) is -0.179. The van der Waals surface area contributed by atoms with Crippen molar-refractivity contribution >= 4 is 5.91 Å². The third-order valence-corrected chi connectivity index (χ3v) is 4.69. The maximum Gasteiger partial charge on any atom is 0.292 e. The van der Waals surface area contributed by atoms with Crippen LogP contribution in [0.5, 0.6) is 0 Å². The number of carbonyl (C=O) groups is 1. The van der Waals surface area contributed by atoms with E-state index in [0.717, 1.165) is 18.5 Å². The Hall–Kier alpha value is -2.22. The van der Waals surface area contributed by atoms with Gasteiger partial charge in [-0.15, -0.1) is 5.10 Å². The highest BCUT2D eigenvalue weighted by Gasteiger charge is 2.40. The van der Waals surface area contributed by atoms with E-state index in [1.54, 1.807) is 28.0 Å². The van der Waals surface area contributed by atoms with Crippen molar-refractivity contribution in [3.8, 4) is 0 Å². The highest BCUT2D eigenvalue weighted by atomic mass is 16.5. The van der Waals surface area contributed by atoms with Gasteiger partial charge in [-0.3, -0.25) is 4.79 Å². The van der Waals surface area contributed by atoms with Gasteiger partial charge in [0.2, 0.25) is 5.76 Å². The summed E-state index contributed by atoms with van der Waals surface area (Å²) in [7, 11) is 0. The first-order valence-electron chi connectivity index (χ1n) is 8.37. The number of amides is 1. The number of aromatic nitrogens is 4. The Morgan fingerprint density at radius 2 is 2.25 bits per heavy atom. The number of rotatable bonds is 6. The number of carbonyl (C=O) groups excluding carboxylic acids is 1. The second-order valence-electron chi connectivity index (χ2n) is 6.43. The molecule has 8 heteroatoms. The normalized spacial score (nSPS) is 20.9. The topological polar surface area (TPSA) is 97.3 Å². The highest BCUT2D eigenvalue weighted by molar-refractivity contribution is 5.91. The molecule has 0 saturated carbocycles. The van der Waals surface area contributed by atoms with Crippen LogP contribution in [0.25, 0.3) is 0 Å². The van der Waals surface area contributed by atoms with Crippen LogP contribution >= 0.6 is 0 Å². The van der Waals surface area contributed by atoms with E-state index in [-0.39, 0.29) is 18.2 Å². The second kappa shape index (κ2) is 6.72. The molecule has 130 valence electrons. The molecule has 1 saturated heterocycles. The molecule has 1 amide bonds. The zero-order chi connectivity index (χ0) is 17.2. The van der Waals surface area contributed by atoms with Gasteiger partial charge >= 0.3 is 0 Å². The summed E-state index contributed by atoms with van der Waals surface area (Å²) >= 11 is 0. The fourth-order valence-corrected chi connectivity index (χ4v) is 3.22. The van der Waals surface area contributed by atoms with Gasteiger partial charge in [0.05, 0.1) is 25.0 Å². The molecule has 2 aromatic rings. The fourth-order valence-electron chi connectivity index (χ4n) is 3.22. The smallest absolute Gasteiger partial charge is 0.292 e. The summed E-state index contributed by atoms with van der Waals surface area (Å²) in [5.74, 6) is 0.314. The lowest BCUT2D eigenvalue weighted by atomic mass is 9.99. The SMILES string of the molecule is CCC(CC)c1cc(C(=O)N2CCC(O)(Cn3ccnn3)C2)on1. The molecule has 0 radical (unpaired) electrons. The van der Waals surface area contributed by atoms with E-state index < -0.39 is 5.60 Å². The lowest BCUT2D eigenvalue weighted by molar-refractivity contribution is 0.0259. The molecule has 0 bridgehead atoms. The summed E-state index contributed by atoms with van der Waals surface area (Å²) < 4.78 is 6.82. The van der Waals surface area contributed by atoms with E-state index in [9.17, 15) is 9.90 Å². The molecule has 1 aliphatic rings. The number of β-amino-alcohol motifs (C(OH)–C–C–N with tert-alkyl or cyclic N) is 1. The van der Waals surface area contributed by atoms with E-state index in [4.69, 9.17) is 4.52 Å². The van der Waals surface area contributed by atoms with Crippen LogP contribution in [-0.4, -0.2) is 54.8 Å². The van der Waals surface area contributed by atoms with Crippen LogP contribution in [0.1, 0.15) is 55.3 Å². The molecule has 3 heterocycles. The average Bonchev–Trinajstić information content (AvgIpc) is 3.30. The zero-order valence-corrected chi connectivity index (χ0v) is 14.1. The Morgan fingerprint density at radius 3 is 2.92 bits per heavy atom. The Balaban J connectivity index is 1.66. The Labute approximate surface area is 140 Å². The van der Waals surface area contributed by atoms with E-state index in [0.29, 0.717) is 25.4 Å². The molecule has 0 spiro atoms. The summed E-state index contributed by atoms with van der Waals surface area (Å²) in [6.07, 6.45) is 5.66. The van der Waals surface area contributed by atoms with Gasteiger partial charge in [-0.2, -0.15) is 0 Å². The maximum absolute atomic E-state index is 12.6. The number of likely N-dealkylation sites (tertiary alicyclic amines) is 1. The molecular weight excluding hydrogens is 310 g/mol. The quantitative estimate of drug-likeness (QED) is 0.859. The molecule has 1 unspecified atom stereocenters. The Morgan fingerprint density at radius 1 is 1.46 bits per heavy atom. The monoisotopic (exact) mass is 333 g/mol. The van der Waals surface area contributed by atoms with E-state index >= 15 is 0 Å². The second-order valence-corrected chi connectivity index (χ2v) is 6.43. The Kier molecular flexibility index (Phi) is 4.66. The summed E-state index contributed by atoms with van der Waals surface area (Å²) in [6.45, 7) is 5.22. The number of aliphatic hydroxyl groups is 1. The summed E-state index contributed by atoms with van der Waals surface area (Å²) in [6, 6.07) is 1.73. The van der Waals surface area contributed by atoms with Gasteiger partial charge in [0.15, 0.2) is 0 Å². The predicted octanol–water partition coefficient (Wildman–Crippen LogP) is 1.45. The van der Waals surface area contributed by atoms with Gasteiger partial charge in [0, 0.05) is 24.7 Å². The maximum atomic E-state index is 12.6. The van der Waals surface area contributed by atoms with Crippen LogP contribution < -0.4 is 0 Å². The zero-order valence-electron chi connectivity index (χ0n) is 14.1. The number of hydrogen-bond acceptors (Lipinski definition) is 6. The van der Waals surface area contributed by atoms with Crippen molar-refractivity contribution in [1.29, 1.82) is 0 Å². The van der Waals surface area contributed by atoms with Gasteiger partial charge in [-0.1, -0.05) is 24.2 Å². The molecule has 1 aliphatic heterocycles. The number of hydrogen-bond donors (Lipinski definition) is 1. The van der Waals surface area contributed by atoms with Crippen molar-refractivity contribution in [3.05, 3.63) is 29.9 Å². The molecule has 1 N–H and O–H groups in total. The van der Waals surface area contributed by atoms with Crippen molar-refractivity contribution < 1.29 is 14.4 Å². The molecule has 0 aliphatic carbocycles. The van der Waals surface area contributed by atoms with Gasteiger partial charge in [-0.25, -0.2) is 4.68 Å². The minimum Gasteiger partial charge on any atom is -0.386 e. The van der Waals surface area contributed by atoms with Gasteiger partial charge < -0.3 is 14.5 Å². The van der Waals surface area contributed by atoms with Crippen molar-refractivity contribution in [2.45, 2.75) is 51.2 Å². The minimum atomic E-state index is -0.998. The minimum absolute atomic E-state index is 0.228. The van der Waals surface area contributed by atoms with E-state index in [2.05, 4.69) is 29.3 Å². The van der Waals surface area contributed by atoms with Crippen molar-refractivity contribution in [3.63, 3.8) is 0 Å². The molecule has 0 aromatic carbocycles. The third-order valence-electron chi connectivity index (χ3n) is 4.69. The van der Waals surface area contributed by atoms with Crippen LogP contribution in [0.3, 0.4) is 0 Å². The highest BCUT2D eigenvalue weighted by Crippen LogP contribution is 2.26. The van der Waals surface area contributed by atoms with Crippen LogP contribution in [0.15, 0.2) is 23.0 Å². The van der Waals surface area contributed by atoms with Gasteiger partial charge in [-0.05, 0) is 19.3 Å². The molecule has 2 aromatic heterocycles. The third kappa shape index (κ3) is 3.33. The van der Waals surface area contributed by atoms with Crippen LogP contribution in [-0.2, 0) is 6.54 Å². The molecule has 1 atom stereocenters. The van der Waals surface area contributed by atoms with Crippen molar-refractivity contribution in [2.75, 3.05) is 13.1 Å². The first kappa shape index (κ1) is 16.6. The summed E-state index contributed by atoms with van der Waals surface area (Å²) in [4.78, 5) is 14.2. The van der Waals surface area contributed by atoms with Crippen LogP contribution in [0, 0.1) is 0 Å². The largest absolute Gasteiger partial charge is 0.386 e. The van der Waals surface area contributed by atoms with Crippen LogP contribution in [0.2, 0.25) is 0 Å². The molecular formula is C16H23N5O3. The Bertz CT molecular complexity index is 680. The first-order valence-corrected chi connectivity index (χ1v) is 8.37. The standard InChI is InChI=1S/C16H23N5O3/c1-3-12(4-2)13-9-14(24-18-13)15(22)20-7-5-16(23,10-20)11-21-8-6-17-19-21/h6,8-9,12,23H,3-5,7,10-11H2,1-2H3. The molecule has 1 fully saturated rings. The first-order chi connectivity index (χ1) is 11.5. The average molecular weight is 333 g/mol. The summed E-state index contributed by atoms with van der Waals surface area (Å²) in [5, 5.41) is 22.3. The number of nitrogens with zero attached hydrogens (tertiary/aromatic N) is 5. The predicted molar refractivity (Wildman–Crippen MR) is 85.3 cm³/mol. The van der Waals surface area contributed by atoms with Crippen molar-refractivity contribution in [2.24, 2.45) is 0 Å². The molecule has 24 heavy (non-hydrogen) atoms.